The van der Waals surface area contributed by atoms with Gasteiger partial charge < -0.3 is 10.1 Å². The minimum Gasteiger partial charge on any atom is -0.379 e. The summed E-state index contributed by atoms with van der Waals surface area (Å²) in [5.41, 5.74) is -0.312. The van der Waals surface area contributed by atoms with Crippen molar-refractivity contribution in [3.8, 4) is 0 Å². The van der Waals surface area contributed by atoms with Crippen LogP contribution in [0.4, 0.5) is 0 Å². The van der Waals surface area contributed by atoms with E-state index in [1.807, 2.05) is 20.8 Å². The van der Waals surface area contributed by atoms with Crippen LogP contribution in [0.3, 0.4) is 0 Å². The molecule has 1 aliphatic rings. The van der Waals surface area contributed by atoms with Crippen molar-refractivity contribution in [2.45, 2.75) is 45.1 Å². The number of aromatic nitrogens is 3. The maximum Gasteiger partial charge on any atom is 0.291 e. The smallest absolute Gasteiger partial charge is 0.291 e. The quantitative estimate of drug-likeness (QED) is 0.847. The fraction of sp³-hybridized carbons (Fsp3) is 0.750. The molecule has 6 heteroatoms. The van der Waals surface area contributed by atoms with E-state index in [0.717, 1.165) is 25.3 Å². The topological polar surface area (TPSA) is 79.9 Å². The summed E-state index contributed by atoms with van der Waals surface area (Å²) < 4.78 is 5.40. The zero-order valence-electron chi connectivity index (χ0n) is 11.1. The second-order valence-corrected chi connectivity index (χ2v) is 5.37. The molecule has 2 rings (SSSR count). The van der Waals surface area contributed by atoms with Gasteiger partial charge in [0.15, 0.2) is 0 Å². The fourth-order valence-corrected chi connectivity index (χ4v) is 2.00. The molecule has 0 aliphatic carbocycles. The molecule has 6 nitrogen and oxygen atoms in total. The highest BCUT2D eigenvalue weighted by atomic mass is 16.5. The monoisotopic (exact) mass is 252 g/mol. The zero-order valence-corrected chi connectivity index (χ0v) is 11.1. The third-order valence-electron chi connectivity index (χ3n) is 3.11. The lowest BCUT2D eigenvalue weighted by Crippen LogP contribution is -2.51. The number of rotatable bonds is 3. The largest absolute Gasteiger partial charge is 0.379 e. The van der Waals surface area contributed by atoms with Crippen molar-refractivity contribution >= 4 is 5.91 Å². The summed E-state index contributed by atoms with van der Waals surface area (Å²) in [5, 5.41) is 9.68. The van der Waals surface area contributed by atoms with E-state index in [2.05, 4.69) is 20.5 Å². The molecule has 2 heterocycles. The van der Waals surface area contributed by atoms with Crippen LogP contribution in [0.1, 0.15) is 56.0 Å². The summed E-state index contributed by atoms with van der Waals surface area (Å²) in [5.74, 6) is 0.912. The van der Waals surface area contributed by atoms with Crippen LogP contribution in [0.2, 0.25) is 0 Å². The molecule has 0 spiro atoms. The van der Waals surface area contributed by atoms with Gasteiger partial charge in [0.2, 0.25) is 5.82 Å². The van der Waals surface area contributed by atoms with E-state index in [1.165, 1.54) is 0 Å². The third kappa shape index (κ3) is 2.87. The number of carbonyl (C=O) groups is 1. The molecule has 0 bridgehead atoms. The van der Waals surface area contributed by atoms with Crippen LogP contribution in [0.15, 0.2) is 0 Å². The number of nitrogens with zero attached hydrogens (tertiary/aromatic N) is 2. The molecule has 1 aromatic heterocycles. The molecule has 100 valence electrons. The minimum atomic E-state index is -0.312. The van der Waals surface area contributed by atoms with Gasteiger partial charge >= 0.3 is 0 Å². The van der Waals surface area contributed by atoms with Crippen LogP contribution in [0, 0.1) is 0 Å². The SMILES string of the molecule is CC(C)c1nc(C(=O)NC2(C)CCCOC2)n[nH]1. The highest BCUT2D eigenvalue weighted by Crippen LogP contribution is 2.18. The number of aromatic amines is 1. The van der Waals surface area contributed by atoms with Crippen LogP contribution >= 0.6 is 0 Å². The summed E-state index contributed by atoms with van der Waals surface area (Å²) in [4.78, 5) is 16.2. The summed E-state index contributed by atoms with van der Waals surface area (Å²) in [6.45, 7) is 7.29. The van der Waals surface area contributed by atoms with Gasteiger partial charge in [0.1, 0.15) is 5.82 Å². The van der Waals surface area contributed by atoms with Crippen LogP contribution < -0.4 is 5.32 Å². The molecule has 0 aromatic carbocycles. The standard InChI is InChI=1S/C12H20N4O2/c1-8(2)9-13-10(16-15-9)11(17)14-12(3)5-4-6-18-7-12/h8H,4-7H2,1-3H3,(H,14,17)(H,13,15,16). The highest BCUT2D eigenvalue weighted by molar-refractivity contribution is 5.90. The molecule has 1 saturated heterocycles. The van der Waals surface area contributed by atoms with E-state index in [4.69, 9.17) is 4.74 Å². The van der Waals surface area contributed by atoms with Crippen molar-refractivity contribution in [2.75, 3.05) is 13.2 Å². The molecule has 0 saturated carbocycles. The Bertz CT molecular complexity index is 421. The van der Waals surface area contributed by atoms with E-state index >= 15 is 0 Å². The second kappa shape index (κ2) is 5.06. The van der Waals surface area contributed by atoms with Crippen LogP contribution in [0.5, 0.6) is 0 Å². The number of hydrogen-bond donors (Lipinski definition) is 2. The molecular formula is C12H20N4O2. The Morgan fingerprint density at radius 1 is 1.56 bits per heavy atom. The normalized spacial score (nSPS) is 24.2. The van der Waals surface area contributed by atoms with Gasteiger partial charge in [0.05, 0.1) is 12.1 Å². The Labute approximate surface area is 107 Å². The van der Waals surface area contributed by atoms with Gasteiger partial charge in [-0.25, -0.2) is 4.98 Å². The molecule has 1 fully saturated rings. The van der Waals surface area contributed by atoms with Crippen molar-refractivity contribution < 1.29 is 9.53 Å². The maximum atomic E-state index is 12.0. The van der Waals surface area contributed by atoms with Crippen molar-refractivity contribution in [3.63, 3.8) is 0 Å². The summed E-state index contributed by atoms with van der Waals surface area (Å²) in [7, 11) is 0. The van der Waals surface area contributed by atoms with Gasteiger partial charge in [-0.2, -0.15) is 0 Å². The Morgan fingerprint density at radius 3 is 2.89 bits per heavy atom. The van der Waals surface area contributed by atoms with E-state index < -0.39 is 0 Å². The van der Waals surface area contributed by atoms with Gasteiger partial charge in [0.25, 0.3) is 5.91 Å². The summed E-state index contributed by atoms with van der Waals surface area (Å²) in [6.07, 6.45) is 1.88. The lowest BCUT2D eigenvalue weighted by molar-refractivity contribution is 0.0270. The van der Waals surface area contributed by atoms with Crippen LogP contribution in [0.25, 0.3) is 0 Å². The van der Waals surface area contributed by atoms with Crippen molar-refractivity contribution in [1.82, 2.24) is 20.5 Å². The molecule has 1 unspecified atom stereocenters. The molecule has 1 amide bonds. The van der Waals surface area contributed by atoms with E-state index in [-0.39, 0.29) is 23.2 Å². The van der Waals surface area contributed by atoms with Gasteiger partial charge in [-0.3, -0.25) is 9.89 Å². The van der Waals surface area contributed by atoms with Gasteiger partial charge in [-0.1, -0.05) is 13.8 Å². The van der Waals surface area contributed by atoms with Crippen LogP contribution in [-0.4, -0.2) is 39.8 Å². The van der Waals surface area contributed by atoms with Crippen molar-refractivity contribution in [2.24, 2.45) is 0 Å². The number of H-pyrrole nitrogens is 1. The Kier molecular flexibility index (Phi) is 3.65. The van der Waals surface area contributed by atoms with E-state index in [0.29, 0.717) is 6.61 Å². The fourth-order valence-electron chi connectivity index (χ4n) is 2.00. The number of carbonyl (C=O) groups excluding carboxylic acids is 1. The van der Waals surface area contributed by atoms with E-state index in [9.17, 15) is 4.79 Å². The van der Waals surface area contributed by atoms with E-state index in [1.54, 1.807) is 0 Å². The van der Waals surface area contributed by atoms with Crippen LogP contribution in [-0.2, 0) is 4.74 Å². The summed E-state index contributed by atoms with van der Waals surface area (Å²) >= 11 is 0. The lowest BCUT2D eigenvalue weighted by atomic mass is 9.95. The number of nitrogens with one attached hydrogen (secondary N) is 2. The Balaban J connectivity index is 2.02. The Morgan fingerprint density at radius 2 is 2.33 bits per heavy atom. The second-order valence-electron chi connectivity index (χ2n) is 5.37. The highest BCUT2D eigenvalue weighted by Gasteiger charge is 2.30. The molecule has 1 atom stereocenters. The van der Waals surface area contributed by atoms with Gasteiger partial charge in [-0.05, 0) is 19.8 Å². The minimum absolute atomic E-state index is 0.200. The Hall–Kier alpha value is -1.43. The van der Waals surface area contributed by atoms with Gasteiger partial charge in [-0.15, -0.1) is 5.10 Å². The molecule has 2 N–H and O–H groups in total. The van der Waals surface area contributed by atoms with Gasteiger partial charge in [0, 0.05) is 12.5 Å². The molecule has 1 aliphatic heterocycles. The average Bonchev–Trinajstić information content (AvgIpc) is 2.78. The predicted molar refractivity (Wildman–Crippen MR) is 66.4 cm³/mol. The molecule has 1 aromatic rings. The third-order valence-corrected chi connectivity index (χ3v) is 3.11. The molecular weight excluding hydrogens is 232 g/mol. The predicted octanol–water partition coefficient (Wildman–Crippen LogP) is 1.23. The first-order valence-corrected chi connectivity index (χ1v) is 6.33. The number of hydrogen-bond acceptors (Lipinski definition) is 4. The molecule has 0 radical (unpaired) electrons. The lowest BCUT2D eigenvalue weighted by Gasteiger charge is -2.33. The number of amides is 1. The first kappa shape index (κ1) is 13.0. The average molecular weight is 252 g/mol. The summed E-state index contributed by atoms with van der Waals surface area (Å²) in [6, 6.07) is 0. The van der Waals surface area contributed by atoms with Crippen molar-refractivity contribution in [1.29, 1.82) is 0 Å². The first-order valence-electron chi connectivity index (χ1n) is 6.33. The zero-order chi connectivity index (χ0) is 13.2. The first-order chi connectivity index (χ1) is 8.50. The van der Waals surface area contributed by atoms with Crippen molar-refractivity contribution in [3.05, 3.63) is 11.6 Å². The molecule has 18 heavy (non-hydrogen) atoms. The maximum absolute atomic E-state index is 12.0. The number of ether oxygens (including phenoxy) is 1.